The molecule has 3 rings (SSSR count). The lowest BCUT2D eigenvalue weighted by Crippen LogP contribution is -2.17. The van der Waals surface area contributed by atoms with Crippen molar-refractivity contribution in [3.8, 4) is 17.2 Å². The highest BCUT2D eigenvalue weighted by Gasteiger charge is 2.14. The molecule has 0 unspecified atom stereocenters. The van der Waals surface area contributed by atoms with E-state index in [2.05, 4.69) is 10.5 Å². The molecule has 0 bridgehead atoms. The minimum Gasteiger partial charge on any atom is -0.507 e. The molecular formula is C17H15N3O6. The molecule has 0 atom stereocenters. The van der Waals surface area contributed by atoms with Gasteiger partial charge in [-0.25, -0.2) is 5.43 Å². The summed E-state index contributed by atoms with van der Waals surface area (Å²) in [6.45, 7) is 1.05. The number of phenolic OH excluding ortho intramolecular Hbond substituents is 1. The van der Waals surface area contributed by atoms with Crippen LogP contribution in [0.1, 0.15) is 22.3 Å². The van der Waals surface area contributed by atoms with Gasteiger partial charge in [0.25, 0.3) is 11.6 Å². The Morgan fingerprint density at radius 1 is 1.19 bits per heavy atom. The van der Waals surface area contributed by atoms with Crippen LogP contribution < -0.4 is 14.9 Å². The number of hydrogen-bond acceptors (Lipinski definition) is 7. The summed E-state index contributed by atoms with van der Waals surface area (Å²) in [6.07, 6.45) is 1.89. The topological polar surface area (TPSA) is 123 Å². The number of carbonyl (C=O) groups excluding carboxylic acids is 1. The first-order chi connectivity index (χ1) is 12.5. The number of hydrogen-bond donors (Lipinski definition) is 2. The molecule has 9 nitrogen and oxygen atoms in total. The van der Waals surface area contributed by atoms with Crippen molar-refractivity contribution in [3.05, 3.63) is 57.6 Å². The number of nitro benzene ring substituents is 1. The van der Waals surface area contributed by atoms with Crippen LogP contribution in [0.15, 0.2) is 41.5 Å². The van der Waals surface area contributed by atoms with Crippen molar-refractivity contribution in [3.63, 3.8) is 0 Å². The first-order valence-electron chi connectivity index (χ1n) is 7.75. The van der Waals surface area contributed by atoms with Gasteiger partial charge < -0.3 is 14.6 Å². The summed E-state index contributed by atoms with van der Waals surface area (Å²) in [5, 5.41) is 24.2. The number of carbonyl (C=O) groups is 1. The highest BCUT2D eigenvalue weighted by atomic mass is 16.6. The van der Waals surface area contributed by atoms with E-state index in [-0.39, 0.29) is 17.0 Å². The number of phenols is 1. The van der Waals surface area contributed by atoms with Gasteiger partial charge in [0.15, 0.2) is 11.5 Å². The summed E-state index contributed by atoms with van der Waals surface area (Å²) in [4.78, 5) is 22.3. The number of rotatable bonds is 4. The van der Waals surface area contributed by atoms with E-state index in [4.69, 9.17) is 9.47 Å². The van der Waals surface area contributed by atoms with Crippen LogP contribution in [0.5, 0.6) is 17.2 Å². The maximum Gasteiger partial charge on any atom is 0.271 e. The lowest BCUT2D eigenvalue weighted by molar-refractivity contribution is -0.384. The third-order valence-electron chi connectivity index (χ3n) is 3.60. The molecule has 0 spiro atoms. The van der Waals surface area contributed by atoms with E-state index in [9.17, 15) is 20.0 Å². The van der Waals surface area contributed by atoms with Crippen molar-refractivity contribution in [1.82, 2.24) is 5.43 Å². The van der Waals surface area contributed by atoms with Crippen LogP contribution in [-0.2, 0) is 0 Å². The third kappa shape index (κ3) is 3.89. The first-order valence-corrected chi connectivity index (χ1v) is 7.75. The first kappa shape index (κ1) is 17.2. The van der Waals surface area contributed by atoms with Crippen LogP contribution in [-0.4, -0.2) is 35.4 Å². The van der Waals surface area contributed by atoms with E-state index in [0.29, 0.717) is 30.3 Å². The summed E-state index contributed by atoms with van der Waals surface area (Å²) >= 11 is 0. The van der Waals surface area contributed by atoms with Crippen molar-refractivity contribution in [2.75, 3.05) is 13.2 Å². The monoisotopic (exact) mass is 357 g/mol. The SMILES string of the molecule is O=C(N/N=C/c1cc([N+](=O)[O-])ccc1O)c1ccc2c(c1)OCCCO2. The van der Waals surface area contributed by atoms with E-state index >= 15 is 0 Å². The lowest BCUT2D eigenvalue weighted by Gasteiger charge is -2.08. The van der Waals surface area contributed by atoms with Crippen LogP contribution in [0.4, 0.5) is 5.69 Å². The standard InChI is InChI=1S/C17H15N3O6/c21-14-4-3-13(20(23)24)8-12(14)10-18-19-17(22)11-2-5-15-16(9-11)26-7-1-6-25-15/h2-5,8-10,21H,1,6-7H2,(H,19,22)/b18-10+. The summed E-state index contributed by atoms with van der Waals surface area (Å²) in [5.74, 6) is 0.366. The molecule has 1 aliphatic rings. The quantitative estimate of drug-likeness (QED) is 0.491. The molecule has 2 N–H and O–H groups in total. The van der Waals surface area contributed by atoms with Gasteiger partial charge in [-0.15, -0.1) is 0 Å². The number of amides is 1. The maximum atomic E-state index is 12.2. The summed E-state index contributed by atoms with van der Waals surface area (Å²) in [7, 11) is 0. The largest absolute Gasteiger partial charge is 0.507 e. The minimum atomic E-state index is -0.590. The molecule has 1 amide bonds. The Bertz CT molecular complexity index is 881. The Morgan fingerprint density at radius 3 is 2.73 bits per heavy atom. The molecular weight excluding hydrogens is 342 g/mol. The number of hydrazone groups is 1. The van der Waals surface area contributed by atoms with Crippen molar-refractivity contribution >= 4 is 17.8 Å². The Labute approximate surface area is 148 Å². The van der Waals surface area contributed by atoms with Crippen LogP contribution in [0, 0.1) is 10.1 Å². The fourth-order valence-corrected chi connectivity index (χ4v) is 2.29. The summed E-state index contributed by atoms with van der Waals surface area (Å²) in [5.41, 5.74) is 2.53. The molecule has 0 aliphatic carbocycles. The molecule has 2 aromatic rings. The minimum absolute atomic E-state index is 0.109. The average molecular weight is 357 g/mol. The highest BCUT2D eigenvalue weighted by Crippen LogP contribution is 2.30. The van der Waals surface area contributed by atoms with Gasteiger partial charge in [0.1, 0.15) is 5.75 Å². The van der Waals surface area contributed by atoms with Crippen molar-refractivity contribution in [2.24, 2.45) is 5.10 Å². The molecule has 0 saturated carbocycles. The lowest BCUT2D eigenvalue weighted by atomic mass is 10.2. The molecule has 0 aromatic heterocycles. The normalized spacial score (nSPS) is 13.2. The fraction of sp³-hybridized carbons (Fsp3) is 0.176. The zero-order valence-electron chi connectivity index (χ0n) is 13.5. The van der Waals surface area contributed by atoms with Crippen molar-refractivity contribution in [2.45, 2.75) is 6.42 Å². The van der Waals surface area contributed by atoms with Gasteiger partial charge in [-0.1, -0.05) is 0 Å². The maximum absolute atomic E-state index is 12.2. The molecule has 0 radical (unpaired) electrons. The van der Waals surface area contributed by atoms with Crippen molar-refractivity contribution < 1.29 is 24.3 Å². The van der Waals surface area contributed by atoms with Gasteiger partial charge >= 0.3 is 0 Å². The smallest absolute Gasteiger partial charge is 0.271 e. The van der Waals surface area contributed by atoms with Gasteiger partial charge in [0, 0.05) is 29.7 Å². The van der Waals surface area contributed by atoms with Crippen LogP contribution in [0.25, 0.3) is 0 Å². The number of aromatic hydroxyl groups is 1. The number of ether oxygens (including phenoxy) is 2. The molecule has 134 valence electrons. The van der Waals surface area contributed by atoms with E-state index in [1.165, 1.54) is 12.1 Å². The second-order valence-corrected chi connectivity index (χ2v) is 5.41. The molecule has 1 aliphatic heterocycles. The highest BCUT2D eigenvalue weighted by molar-refractivity contribution is 5.95. The van der Waals surface area contributed by atoms with Gasteiger partial charge in [-0.3, -0.25) is 14.9 Å². The van der Waals surface area contributed by atoms with E-state index in [0.717, 1.165) is 18.7 Å². The van der Waals surface area contributed by atoms with E-state index in [1.807, 2.05) is 0 Å². The number of fused-ring (bicyclic) bond motifs is 1. The van der Waals surface area contributed by atoms with Gasteiger partial charge in [-0.2, -0.15) is 5.10 Å². The van der Waals surface area contributed by atoms with E-state index < -0.39 is 10.8 Å². The zero-order valence-corrected chi connectivity index (χ0v) is 13.5. The second-order valence-electron chi connectivity index (χ2n) is 5.41. The zero-order chi connectivity index (χ0) is 18.5. The van der Waals surface area contributed by atoms with Gasteiger partial charge in [0.05, 0.1) is 24.4 Å². The van der Waals surface area contributed by atoms with Crippen LogP contribution >= 0.6 is 0 Å². The predicted molar refractivity (Wildman–Crippen MR) is 91.9 cm³/mol. The molecule has 2 aromatic carbocycles. The average Bonchev–Trinajstić information content (AvgIpc) is 2.87. The molecule has 9 heteroatoms. The number of nitrogens with zero attached hydrogens (tertiary/aromatic N) is 2. The van der Waals surface area contributed by atoms with Crippen LogP contribution in [0.3, 0.4) is 0 Å². The Kier molecular flexibility index (Phi) is 4.97. The Hall–Kier alpha value is -3.62. The summed E-state index contributed by atoms with van der Waals surface area (Å²) < 4.78 is 11.0. The number of nitrogens with one attached hydrogen (secondary N) is 1. The Balaban J connectivity index is 1.71. The molecule has 26 heavy (non-hydrogen) atoms. The molecule has 0 fully saturated rings. The molecule has 1 heterocycles. The van der Waals surface area contributed by atoms with Gasteiger partial charge in [0.2, 0.25) is 0 Å². The number of non-ortho nitro benzene ring substituents is 1. The molecule has 0 saturated heterocycles. The number of benzene rings is 2. The summed E-state index contributed by atoms with van der Waals surface area (Å²) in [6, 6.07) is 8.28. The predicted octanol–water partition coefficient (Wildman–Crippen LogP) is 2.23. The Morgan fingerprint density at radius 2 is 1.96 bits per heavy atom. The van der Waals surface area contributed by atoms with E-state index in [1.54, 1.807) is 18.2 Å². The van der Waals surface area contributed by atoms with Gasteiger partial charge in [-0.05, 0) is 24.3 Å². The van der Waals surface area contributed by atoms with Crippen molar-refractivity contribution in [1.29, 1.82) is 0 Å². The fourth-order valence-electron chi connectivity index (χ4n) is 2.29. The third-order valence-corrected chi connectivity index (χ3v) is 3.60. The van der Waals surface area contributed by atoms with Crippen LogP contribution in [0.2, 0.25) is 0 Å². The number of nitro groups is 1. The second kappa shape index (κ2) is 7.51.